The molecule has 2 fully saturated rings. The van der Waals surface area contributed by atoms with E-state index in [0.29, 0.717) is 5.92 Å². The highest BCUT2D eigenvalue weighted by atomic mass is 16.3. The van der Waals surface area contributed by atoms with Gasteiger partial charge in [0.05, 0.1) is 5.60 Å². The summed E-state index contributed by atoms with van der Waals surface area (Å²) < 4.78 is 0. The lowest BCUT2D eigenvalue weighted by Gasteiger charge is -2.55. The van der Waals surface area contributed by atoms with E-state index in [-0.39, 0.29) is 5.60 Å². The van der Waals surface area contributed by atoms with Crippen molar-refractivity contribution in [2.24, 2.45) is 17.8 Å². The van der Waals surface area contributed by atoms with Crippen LogP contribution < -0.4 is 0 Å². The Bertz CT molecular complexity index is 166. The van der Waals surface area contributed by atoms with Gasteiger partial charge in [-0.25, -0.2) is 0 Å². The van der Waals surface area contributed by atoms with Crippen LogP contribution in [0.1, 0.15) is 39.5 Å². The molecule has 64 valence electrons. The molecule has 0 amide bonds. The summed E-state index contributed by atoms with van der Waals surface area (Å²) in [5.41, 5.74) is -0.239. The molecular weight excluding hydrogens is 136 g/mol. The van der Waals surface area contributed by atoms with E-state index in [9.17, 15) is 5.11 Å². The first kappa shape index (κ1) is 7.60. The van der Waals surface area contributed by atoms with Crippen LogP contribution in [0, 0.1) is 17.8 Å². The third-order valence-electron chi connectivity index (χ3n) is 3.72. The van der Waals surface area contributed by atoms with Gasteiger partial charge < -0.3 is 5.11 Å². The van der Waals surface area contributed by atoms with Gasteiger partial charge in [-0.1, -0.05) is 20.3 Å². The summed E-state index contributed by atoms with van der Waals surface area (Å²) in [6.45, 7) is 4.53. The molecule has 1 heteroatoms. The Hall–Kier alpha value is -0.0400. The molecule has 0 heterocycles. The van der Waals surface area contributed by atoms with Crippen LogP contribution in [0.15, 0.2) is 0 Å². The van der Waals surface area contributed by atoms with Crippen LogP contribution in [-0.4, -0.2) is 10.7 Å². The molecule has 0 aromatic rings. The van der Waals surface area contributed by atoms with Crippen LogP contribution in [0.2, 0.25) is 0 Å². The summed E-state index contributed by atoms with van der Waals surface area (Å²) in [5.74, 6) is 2.18. The van der Waals surface area contributed by atoms with Crippen LogP contribution in [0.5, 0.6) is 0 Å². The van der Waals surface area contributed by atoms with Gasteiger partial charge in [0.15, 0.2) is 0 Å². The van der Waals surface area contributed by atoms with Gasteiger partial charge in [0.1, 0.15) is 0 Å². The normalized spacial score (nSPS) is 56.5. The first-order chi connectivity index (χ1) is 5.12. The Morgan fingerprint density at radius 1 is 1.18 bits per heavy atom. The van der Waals surface area contributed by atoms with Crippen LogP contribution in [-0.2, 0) is 0 Å². The number of aliphatic hydroxyl groups is 1. The van der Waals surface area contributed by atoms with Crippen molar-refractivity contribution in [1.82, 2.24) is 0 Å². The zero-order valence-corrected chi connectivity index (χ0v) is 7.51. The van der Waals surface area contributed by atoms with E-state index in [1.54, 1.807) is 0 Å². The summed E-state index contributed by atoms with van der Waals surface area (Å²) in [6.07, 6.45) is 4.71. The standard InChI is InChI=1S/C10H18O/c1-7-3-4-9-8(2)6-10(9,11)5-7/h7-9,11H,3-6H2,1-2H3. The van der Waals surface area contributed by atoms with E-state index >= 15 is 0 Å². The molecule has 0 saturated heterocycles. The molecule has 0 radical (unpaired) electrons. The molecule has 0 bridgehead atoms. The summed E-state index contributed by atoms with van der Waals surface area (Å²) in [6, 6.07) is 0. The van der Waals surface area contributed by atoms with Crippen molar-refractivity contribution in [3.63, 3.8) is 0 Å². The van der Waals surface area contributed by atoms with E-state index in [2.05, 4.69) is 13.8 Å². The van der Waals surface area contributed by atoms with Crippen molar-refractivity contribution < 1.29 is 5.11 Å². The van der Waals surface area contributed by atoms with E-state index < -0.39 is 0 Å². The molecule has 4 unspecified atom stereocenters. The molecule has 4 atom stereocenters. The smallest absolute Gasteiger partial charge is 0.0683 e. The maximum atomic E-state index is 10.1. The highest BCUT2D eigenvalue weighted by Gasteiger charge is 2.52. The lowest BCUT2D eigenvalue weighted by molar-refractivity contribution is -0.166. The third kappa shape index (κ3) is 1.01. The maximum absolute atomic E-state index is 10.1. The average molecular weight is 154 g/mol. The Labute approximate surface area is 68.8 Å². The predicted molar refractivity (Wildman–Crippen MR) is 45.2 cm³/mol. The first-order valence-corrected chi connectivity index (χ1v) is 4.84. The van der Waals surface area contributed by atoms with Crippen molar-refractivity contribution >= 4 is 0 Å². The first-order valence-electron chi connectivity index (χ1n) is 4.84. The van der Waals surface area contributed by atoms with Gasteiger partial charge in [0.25, 0.3) is 0 Å². The van der Waals surface area contributed by atoms with E-state index in [0.717, 1.165) is 24.7 Å². The highest BCUT2D eigenvalue weighted by Crippen LogP contribution is 2.53. The van der Waals surface area contributed by atoms with Gasteiger partial charge in [-0.3, -0.25) is 0 Å². The molecule has 0 aromatic carbocycles. The van der Waals surface area contributed by atoms with Gasteiger partial charge in [0.2, 0.25) is 0 Å². The predicted octanol–water partition coefficient (Wildman–Crippen LogP) is 2.19. The van der Waals surface area contributed by atoms with Gasteiger partial charge in [-0.05, 0) is 37.0 Å². The fourth-order valence-corrected chi connectivity index (χ4v) is 3.18. The Balaban J connectivity index is 2.06. The second-order valence-corrected chi connectivity index (χ2v) is 4.78. The van der Waals surface area contributed by atoms with Crippen LogP contribution in [0.4, 0.5) is 0 Å². The molecule has 2 saturated carbocycles. The molecule has 11 heavy (non-hydrogen) atoms. The third-order valence-corrected chi connectivity index (χ3v) is 3.72. The molecule has 0 aliphatic heterocycles. The lowest BCUT2D eigenvalue weighted by atomic mass is 9.54. The number of fused-ring (bicyclic) bond motifs is 1. The Morgan fingerprint density at radius 3 is 2.45 bits per heavy atom. The summed E-state index contributed by atoms with van der Waals surface area (Å²) in [5, 5.41) is 10.1. The lowest BCUT2D eigenvalue weighted by Crippen LogP contribution is -2.56. The van der Waals surface area contributed by atoms with Crippen molar-refractivity contribution in [1.29, 1.82) is 0 Å². The average Bonchev–Trinajstić information content (AvgIpc) is 1.84. The molecule has 2 aliphatic carbocycles. The van der Waals surface area contributed by atoms with Crippen molar-refractivity contribution in [3.05, 3.63) is 0 Å². The van der Waals surface area contributed by atoms with E-state index in [1.165, 1.54) is 12.8 Å². The second-order valence-electron chi connectivity index (χ2n) is 4.78. The summed E-state index contributed by atoms with van der Waals surface area (Å²) in [7, 11) is 0. The van der Waals surface area contributed by atoms with E-state index in [4.69, 9.17) is 0 Å². The van der Waals surface area contributed by atoms with Gasteiger partial charge >= 0.3 is 0 Å². The maximum Gasteiger partial charge on any atom is 0.0683 e. The van der Waals surface area contributed by atoms with Crippen LogP contribution in [0.25, 0.3) is 0 Å². The van der Waals surface area contributed by atoms with Gasteiger partial charge in [0, 0.05) is 0 Å². The topological polar surface area (TPSA) is 20.2 Å². The zero-order chi connectivity index (χ0) is 8.06. The number of rotatable bonds is 0. The number of hydrogen-bond acceptors (Lipinski definition) is 1. The molecule has 1 nitrogen and oxygen atoms in total. The van der Waals surface area contributed by atoms with Crippen LogP contribution in [0.3, 0.4) is 0 Å². The Morgan fingerprint density at radius 2 is 1.91 bits per heavy atom. The van der Waals surface area contributed by atoms with Gasteiger partial charge in [-0.15, -0.1) is 0 Å². The molecule has 2 aliphatic rings. The van der Waals surface area contributed by atoms with Crippen molar-refractivity contribution in [2.45, 2.75) is 45.1 Å². The summed E-state index contributed by atoms with van der Waals surface area (Å²) in [4.78, 5) is 0. The quantitative estimate of drug-likeness (QED) is 0.567. The molecule has 0 spiro atoms. The van der Waals surface area contributed by atoms with Gasteiger partial charge in [-0.2, -0.15) is 0 Å². The fraction of sp³-hybridized carbons (Fsp3) is 1.00. The molecule has 2 rings (SSSR count). The fourth-order valence-electron chi connectivity index (χ4n) is 3.18. The van der Waals surface area contributed by atoms with E-state index in [1.807, 2.05) is 0 Å². The van der Waals surface area contributed by atoms with Crippen molar-refractivity contribution in [3.8, 4) is 0 Å². The number of hydrogen-bond donors (Lipinski definition) is 1. The van der Waals surface area contributed by atoms with Crippen LogP contribution >= 0.6 is 0 Å². The summed E-state index contributed by atoms with van der Waals surface area (Å²) >= 11 is 0. The molecular formula is C10H18O. The molecule has 0 aromatic heterocycles. The molecule has 1 N–H and O–H groups in total. The largest absolute Gasteiger partial charge is 0.390 e. The minimum Gasteiger partial charge on any atom is -0.390 e. The SMILES string of the molecule is CC1CCC2C(C)CC2(O)C1. The second kappa shape index (κ2) is 2.22. The minimum absolute atomic E-state index is 0.239. The monoisotopic (exact) mass is 154 g/mol. The highest BCUT2D eigenvalue weighted by molar-refractivity contribution is 5.03. The minimum atomic E-state index is -0.239. The zero-order valence-electron chi connectivity index (χ0n) is 7.51. The Kier molecular flexibility index (Phi) is 1.54. The van der Waals surface area contributed by atoms with Crippen molar-refractivity contribution in [2.75, 3.05) is 0 Å².